The molecule has 0 fully saturated rings. The van der Waals surface area contributed by atoms with Crippen molar-refractivity contribution in [3.63, 3.8) is 0 Å². The van der Waals surface area contributed by atoms with Crippen LogP contribution in [0.1, 0.15) is 31.8 Å². The summed E-state index contributed by atoms with van der Waals surface area (Å²) in [5.74, 6) is 0.655. The first-order chi connectivity index (χ1) is 12.0. The van der Waals surface area contributed by atoms with Crippen molar-refractivity contribution in [1.82, 2.24) is 5.32 Å². The molecule has 0 bridgehead atoms. The molecule has 1 unspecified atom stereocenters. The number of carbonyl (C=O) groups excluding carboxylic acids is 2. The molecule has 0 saturated heterocycles. The minimum atomic E-state index is -1.08. The van der Waals surface area contributed by atoms with Crippen molar-refractivity contribution >= 4 is 23.6 Å². The van der Waals surface area contributed by atoms with E-state index in [0.29, 0.717) is 16.9 Å². The molecule has 0 spiro atoms. The second-order valence-corrected chi connectivity index (χ2v) is 6.92. The third-order valence-electron chi connectivity index (χ3n) is 4.23. The van der Waals surface area contributed by atoms with Crippen molar-refractivity contribution in [2.24, 2.45) is 0 Å². The van der Waals surface area contributed by atoms with E-state index in [1.54, 1.807) is 36.0 Å². The number of hydrogen-bond donors (Lipinski definition) is 2. The number of methoxy groups -OCH3 is 1. The van der Waals surface area contributed by atoms with Gasteiger partial charge in [-0.3, -0.25) is 4.79 Å². The zero-order chi connectivity index (χ0) is 17.9. The maximum atomic E-state index is 12.3. The first kappa shape index (κ1) is 17.5. The van der Waals surface area contributed by atoms with Crippen molar-refractivity contribution < 1.29 is 19.4 Å². The van der Waals surface area contributed by atoms with E-state index in [4.69, 9.17) is 0 Å². The summed E-state index contributed by atoms with van der Waals surface area (Å²) in [6, 6.07) is 14.0. The molecule has 5 nitrogen and oxygen atoms in total. The Morgan fingerprint density at radius 3 is 2.56 bits per heavy atom. The molecule has 1 heterocycles. The Balaban J connectivity index is 1.69. The van der Waals surface area contributed by atoms with Crippen molar-refractivity contribution in [2.45, 2.75) is 11.4 Å². The van der Waals surface area contributed by atoms with Gasteiger partial charge in [0, 0.05) is 17.1 Å². The van der Waals surface area contributed by atoms with Crippen molar-refractivity contribution in [1.29, 1.82) is 0 Å². The third kappa shape index (κ3) is 3.70. The van der Waals surface area contributed by atoms with Crippen LogP contribution in [-0.4, -0.2) is 36.4 Å². The van der Waals surface area contributed by atoms with Gasteiger partial charge in [-0.1, -0.05) is 24.3 Å². The SMILES string of the molecule is COC(=O)c1ccc(C(=O)NCC2(O)CSCc3ccccc32)cc1. The number of amides is 1. The molecular weight excluding hydrogens is 338 g/mol. The molecule has 130 valence electrons. The number of hydrogen-bond acceptors (Lipinski definition) is 5. The molecule has 0 saturated carbocycles. The van der Waals surface area contributed by atoms with Crippen LogP contribution < -0.4 is 5.32 Å². The summed E-state index contributed by atoms with van der Waals surface area (Å²) in [6.45, 7) is 0.134. The summed E-state index contributed by atoms with van der Waals surface area (Å²) in [4.78, 5) is 23.8. The lowest BCUT2D eigenvalue weighted by Crippen LogP contribution is -2.44. The minimum absolute atomic E-state index is 0.134. The topological polar surface area (TPSA) is 75.6 Å². The number of aliphatic hydroxyl groups is 1. The van der Waals surface area contributed by atoms with Crippen LogP contribution in [0.5, 0.6) is 0 Å². The average Bonchev–Trinajstić information content (AvgIpc) is 2.66. The van der Waals surface area contributed by atoms with Gasteiger partial charge >= 0.3 is 5.97 Å². The molecule has 3 rings (SSSR count). The van der Waals surface area contributed by atoms with Crippen molar-refractivity contribution in [2.75, 3.05) is 19.4 Å². The Morgan fingerprint density at radius 2 is 1.84 bits per heavy atom. The number of benzene rings is 2. The van der Waals surface area contributed by atoms with Crippen molar-refractivity contribution in [3.8, 4) is 0 Å². The first-order valence-electron chi connectivity index (χ1n) is 7.88. The summed E-state index contributed by atoms with van der Waals surface area (Å²) >= 11 is 1.65. The zero-order valence-electron chi connectivity index (χ0n) is 13.8. The number of carbonyl (C=O) groups is 2. The number of fused-ring (bicyclic) bond motifs is 1. The van der Waals surface area contributed by atoms with Gasteiger partial charge < -0.3 is 15.2 Å². The number of esters is 1. The van der Waals surface area contributed by atoms with Gasteiger partial charge in [0.05, 0.1) is 19.2 Å². The van der Waals surface area contributed by atoms with Crippen LogP contribution in [0.3, 0.4) is 0 Å². The fourth-order valence-electron chi connectivity index (χ4n) is 2.86. The highest BCUT2D eigenvalue weighted by Crippen LogP contribution is 2.35. The van der Waals surface area contributed by atoms with Crippen LogP contribution in [0.4, 0.5) is 0 Å². The molecule has 0 radical (unpaired) electrons. The van der Waals surface area contributed by atoms with Gasteiger partial charge in [0.15, 0.2) is 0 Å². The fraction of sp³-hybridized carbons (Fsp3) is 0.263. The highest BCUT2D eigenvalue weighted by molar-refractivity contribution is 7.98. The fourth-order valence-corrected chi connectivity index (χ4v) is 4.03. The average molecular weight is 357 g/mol. The van der Waals surface area contributed by atoms with E-state index in [0.717, 1.165) is 16.9 Å². The highest BCUT2D eigenvalue weighted by atomic mass is 32.2. The largest absolute Gasteiger partial charge is 0.465 e. The molecule has 6 heteroatoms. The summed E-state index contributed by atoms with van der Waals surface area (Å²) in [7, 11) is 1.31. The van der Waals surface area contributed by atoms with E-state index < -0.39 is 11.6 Å². The summed E-state index contributed by atoms with van der Waals surface area (Å²) in [6.07, 6.45) is 0. The van der Waals surface area contributed by atoms with E-state index in [2.05, 4.69) is 10.1 Å². The standard InChI is InChI=1S/C19H19NO4S/c1-24-18(22)14-8-6-13(7-9-14)17(21)20-11-19(23)12-25-10-15-4-2-3-5-16(15)19/h2-9,23H,10-12H2,1H3,(H,20,21). The molecule has 25 heavy (non-hydrogen) atoms. The lowest BCUT2D eigenvalue weighted by molar-refractivity contribution is 0.0552. The number of ether oxygens (including phenoxy) is 1. The molecule has 1 atom stereocenters. The highest BCUT2D eigenvalue weighted by Gasteiger charge is 2.35. The molecule has 2 N–H and O–H groups in total. The van der Waals surface area contributed by atoms with Crippen molar-refractivity contribution in [3.05, 3.63) is 70.8 Å². The van der Waals surface area contributed by atoms with Gasteiger partial charge in [-0.25, -0.2) is 4.79 Å². The van der Waals surface area contributed by atoms with E-state index in [1.807, 2.05) is 24.3 Å². The molecule has 2 aromatic rings. The third-order valence-corrected chi connectivity index (χ3v) is 5.42. The van der Waals surface area contributed by atoms with Gasteiger partial charge in [-0.05, 0) is 35.4 Å². The molecule has 0 aromatic heterocycles. The van der Waals surface area contributed by atoms with E-state index in [1.165, 1.54) is 7.11 Å². The monoisotopic (exact) mass is 357 g/mol. The second-order valence-electron chi connectivity index (χ2n) is 5.93. The number of nitrogens with one attached hydrogen (secondary N) is 1. The predicted molar refractivity (Wildman–Crippen MR) is 96.6 cm³/mol. The normalized spacial score (nSPS) is 19.0. The Hall–Kier alpha value is -2.31. The van der Waals surface area contributed by atoms with Crippen LogP contribution in [0.2, 0.25) is 0 Å². The summed E-state index contributed by atoms with van der Waals surface area (Å²) in [5.41, 5.74) is 1.69. The van der Waals surface area contributed by atoms with E-state index in [9.17, 15) is 14.7 Å². The number of thioether (sulfide) groups is 1. The molecule has 1 aliphatic rings. The Bertz CT molecular complexity index is 790. The molecule has 1 aliphatic heterocycles. The van der Waals surface area contributed by atoms with Gasteiger partial charge in [0.1, 0.15) is 5.60 Å². The Morgan fingerprint density at radius 1 is 1.16 bits per heavy atom. The Kier molecular flexibility index (Phi) is 5.11. The lowest BCUT2D eigenvalue weighted by atomic mass is 9.91. The van der Waals surface area contributed by atoms with Crippen LogP contribution in [0.25, 0.3) is 0 Å². The van der Waals surface area contributed by atoms with Crippen LogP contribution >= 0.6 is 11.8 Å². The van der Waals surface area contributed by atoms with Gasteiger partial charge in [0.2, 0.25) is 0 Å². The quantitative estimate of drug-likeness (QED) is 0.822. The minimum Gasteiger partial charge on any atom is -0.465 e. The maximum absolute atomic E-state index is 12.3. The van der Waals surface area contributed by atoms with Crippen LogP contribution in [-0.2, 0) is 16.1 Å². The summed E-state index contributed by atoms with van der Waals surface area (Å²) in [5, 5.41) is 13.8. The molecular formula is C19H19NO4S. The van der Waals surface area contributed by atoms with Gasteiger partial charge in [-0.15, -0.1) is 0 Å². The molecule has 0 aliphatic carbocycles. The molecule has 1 amide bonds. The van der Waals surface area contributed by atoms with Crippen LogP contribution in [0.15, 0.2) is 48.5 Å². The van der Waals surface area contributed by atoms with Crippen LogP contribution in [0, 0.1) is 0 Å². The van der Waals surface area contributed by atoms with Gasteiger partial charge in [-0.2, -0.15) is 11.8 Å². The number of rotatable bonds is 4. The lowest BCUT2D eigenvalue weighted by Gasteiger charge is -2.34. The Labute approximate surface area is 150 Å². The molecule has 2 aromatic carbocycles. The van der Waals surface area contributed by atoms with Gasteiger partial charge in [0.25, 0.3) is 5.91 Å². The second kappa shape index (κ2) is 7.29. The predicted octanol–water partition coefficient (Wildman–Crippen LogP) is 2.34. The maximum Gasteiger partial charge on any atom is 0.337 e. The van der Waals surface area contributed by atoms with E-state index >= 15 is 0 Å². The van der Waals surface area contributed by atoms with E-state index in [-0.39, 0.29) is 12.5 Å². The smallest absolute Gasteiger partial charge is 0.337 e. The first-order valence-corrected chi connectivity index (χ1v) is 9.04. The zero-order valence-corrected chi connectivity index (χ0v) is 14.6. The summed E-state index contributed by atoms with van der Waals surface area (Å²) < 4.78 is 4.64.